The highest BCUT2D eigenvalue weighted by Crippen LogP contribution is 2.45. The van der Waals surface area contributed by atoms with E-state index in [1.807, 2.05) is 0 Å². The van der Waals surface area contributed by atoms with Gasteiger partial charge in [-0.3, -0.25) is 0 Å². The summed E-state index contributed by atoms with van der Waals surface area (Å²) in [5.74, 6) is 0.244. The molecular weight excluding hydrogens is 217 g/mol. The van der Waals surface area contributed by atoms with E-state index in [1.54, 1.807) is 6.07 Å². The molecule has 1 saturated carbocycles. The van der Waals surface area contributed by atoms with Crippen molar-refractivity contribution in [2.75, 3.05) is 5.73 Å². The molecule has 1 aromatic heterocycles. The second kappa shape index (κ2) is 3.45. The van der Waals surface area contributed by atoms with Crippen molar-refractivity contribution in [1.82, 2.24) is 9.55 Å². The first-order valence-corrected chi connectivity index (χ1v) is 6.10. The molecule has 3 nitrogen and oxygen atoms in total. The number of aromatic nitrogens is 2. The van der Waals surface area contributed by atoms with Crippen molar-refractivity contribution < 1.29 is 4.39 Å². The standard InChI is InChI=1S/C13H16FN3/c1-2-13(6-3-7-13)17-11-5-4-9(14)8-10(11)16-12(17)15/h4-5,8H,2-3,6-7H2,1H3,(H2,15,16). The predicted octanol–water partition coefficient (Wildman–Crippen LogP) is 3.05. The largest absolute Gasteiger partial charge is 0.369 e. The van der Waals surface area contributed by atoms with E-state index in [-0.39, 0.29) is 11.4 Å². The zero-order valence-electron chi connectivity index (χ0n) is 9.91. The topological polar surface area (TPSA) is 43.8 Å². The second-order valence-corrected chi connectivity index (χ2v) is 4.87. The van der Waals surface area contributed by atoms with Crippen molar-refractivity contribution in [3.05, 3.63) is 24.0 Å². The van der Waals surface area contributed by atoms with Gasteiger partial charge in [-0.05, 0) is 37.8 Å². The molecule has 0 unspecified atom stereocenters. The molecule has 2 N–H and O–H groups in total. The maximum absolute atomic E-state index is 13.2. The molecule has 1 aliphatic rings. The quantitative estimate of drug-likeness (QED) is 0.866. The van der Waals surface area contributed by atoms with E-state index in [0.717, 1.165) is 24.8 Å². The Hall–Kier alpha value is -1.58. The average molecular weight is 233 g/mol. The molecule has 3 rings (SSSR count). The zero-order valence-corrected chi connectivity index (χ0v) is 9.91. The van der Waals surface area contributed by atoms with Crippen molar-refractivity contribution in [2.45, 2.75) is 38.1 Å². The minimum atomic E-state index is -0.263. The van der Waals surface area contributed by atoms with Gasteiger partial charge in [-0.15, -0.1) is 0 Å². The van der Waals surface area contributed by atoms with Crippen LogP contribution in [-0.4, -0.2) is 9.55 Å². The highest BCUT2D eigenvalue weighted by atomic mass is 19.1. The average Bonchev–Trinajstić information content (AvgIpc) is 2.55. The molecule has 0 saturated heterocycles. The Labute approximate surface area is 99.4 Å². The molecule has 4 heteroatoms. The summed E-state index contributed by atoms with van der Waals surface area (Å²) in [5.41, 5.74) is 7.72. The van der Waals surface area contributed by atoms with E-state index in [0.29, 0.717) is 11.5 Å². The lowest BCUT2D eigenvalue weighted by atomic mass is 9.74. The van der Waals surface area contributed by atoms with Crippen LogP contribution in [0.2, 0.25) is 0 Å². The SMILES string of the molecule is CCC1(n2c(N)nc3cc(F)ccc32)CCC1. The molecule has 17 heavy (non-hydrogen) atoms. The molecular formula is C13H16FN3. The van der Waals surface area contributed by atoms with Crippen LogP contribution in [0, 0.1) is 5.82 Å². The Bertz CT molecular complexity index is 564. The number of hydrogen-bond donors (Lipinski definition) is 1. The monoisotopic (exact) mass is 233 g/mol. The molecule has 1 aromatic carbocycles. The molecule has 1 aliphatic carbocycles. The van der Waals surface area contributed by atoms with E-state index < -0.39 is 0 Å². The number of hydrogen-bond acceptors (Lipinski definition) is 2. The van der Waals surface area contributed by atoms with Gasteiger partial charge in [-0.25, -0.2) is 9.37 Å². The van der Waals surface area contributed by atoms with Gasteiger partial charge >= 0.3 is 0 Å². The summed E-state index contributed by atoms with van der Waals surface area (Å²) < 4.78 is 15.3. The highest BCUT2D eigenvalue weighted by molar-refractivity contribution is 5.78. The van der Waals surface area contributed by atoms with Gasteiger partial charge in [0.15, 0.2) is 0 Å². The third-order valence-corrected chi connectivity index (χ3v) is 4.06. The fraction of sp³-hybridized carbons (Fsp3) is 0.462. The third kappa shape index (κ3) is 1.36. The van der Waals surface area contributed by atoms with Crippen LogP contribution in [0.25, 0.3) is 11.0 Å². The number of nitrogen functional groups attached to an aromatic ring is 1. The van der Waals surface area contributed by atoms with Gasteiger partial charge in [0.2, 0.25) is 5.95 Å². The van der Waals surface area contributed by atoms with E-state index >= 15 is 0 Å². The maximum Gasteiger partial charge on any atom is 0.201 e. The molecule has 1 fully saturated rings. The van der Waals surface area contributed by atoms with E-state index in [1.165, 1.54) is 18.6 Å². The van der Waals surface area contributed by atoms with Crippen molar-refractivity contribution >= 4 is 17.0 Å². The predicted molar refractivity (Wildman–Crippen MR) is 66.2 cm³/mol. The first-order chi connectivity index (χ1) is 8.16. The van der Waals surface area contributed by atoms with Crippen LogP contribution < -0.4 is 5.73 Å². The number of nitrogens with zero attached hydrogens (tertiary/aromatic N) is 2. The molecule has 0 spiro atoms. The summed E-state index contributed by atoms with van der Waals surface area (Å²) in [5, 5.41) is 0. The Balaban J connectivity index is 2.25. The number of fused-ring (bicyclic) bond motifs is 1. The van der Waals surface area contributed by atoms with Gasteiger partial charge in [0.05, 0.1) is 11.0 Å². The maximum atomic E-state index is 13.2. The van der Waals surface area contributed by atoms with Gasteiger partial charge in [0.25, 0.3) is 0 Å². The second-order valence-electron chi connectivity index (χ2n) is 4.87. The molecule has 1 heterocycles. The third-order valence-electron chi connectivity index (χ3n) is 4.06. The van der Waals surface area contributed by atoms with Crippen molar-refractivity contribution in [3.63, 3.8) is 0 Å². The van der Waals surface area contributed by atoms with E-state index in [9.17, 15) is 4.39 Å². The summed E-state index contributed by atoms with van der Waals surface area (Å²) in [4.78, 5) is 4.27. The van der Waals surface area contributed by atoms with E-state index in [4.69, 9.17) is 5.73 Å². The fourth-order valence-corrected chi connectivity index (χ4v) is 2.89. The minimum Gasteiger partial charge on any atom is -0.369 e. The van der Waals surface area contributed by atoms with Gasteiger partial charge in [0.1, 0.15) is 5.82 Å². The van der Waals surface area contributed by atoms with Crippen LogP contribution in [0.4, 0.5) is 10.3 Å². The summed E-state index contributed by atoms with van der Waals surface area (Å²) in [6.45, 7) is 2.17. The lowest BCUT2D eigenvalue weighted by molar-refractivity contribution is 0.144. The lowest BCUT2D eigenvalue weighted by Crippen LogP contribution is -2.40. The number of anilines is 1. The van der Waals surface area contributed by atoms with E-state index in [2.05, 4.69) is 16.5 Å². The fourth-order valence-electron chi connectivity index (χ4n) is 2.89. The first kappa shape index (κ1) is 10.6. The van der Waals surface area contributed by atoms with Crippen LogP contribution in [-0.2, 0) is 5.54 Å². The molecule has 0 amide bonds. The normalized spacial score (nSPS) is 18.2. The van der Waals surface area contributed by atoms with Crippen LogP contribution in [0.5, 0.6) is 0 Å². The number of rotatable bonds is 2. The molecule has 0 bridgehead atoms. The minimum absolute atomic E-state index is 0.108. The number of nitrogens with two attached hydrogens (primary N) is 1. The highest BCUT2D eigenvalue weighted by Gasteiger charge is 2.39. The molecule has 90 valence electrons. The summed E-state index contributed by atoms with van der Waals surface area (Å²) in [6, 6.07) is 4.70. The Morgan fingerprint density at radius 2 is 2.24 bits per heavy atom. The van der Waals surface area contributed by atoms with Crippen LogP contribution >= 0.6 is 0 Å². The molecule has 0 aliphatic heterocycles. The smallest absolute Gasteiger partial charge is 0.201 e. The zero-order chi connectivity index (χ0) is 12.0. The van der Waals surface area contributed by atoms with Crippen LogP contribution in [0.3, 0.4) is 0 Å². The van der Waals surface area contributed by atoms with Gasteiger partial charge in [0, 0.05) is 11.6 Å². The van der Waals surface area contributed by atoms with Crippen molar-refractivity contribution in [1.29, 1.82) is 0 Å². The van der Waals surface area contributed by atoms with Gasteiger partial charge in [-0.1, -0.05) is 6.92 Å². The molecule has 0 atom stereocenters. The van der Waals surface area contributed by atoms with Crippen LogP contribution in [0.1, 0.15) is 32.6 Å². The number of benzene rings is 1. The Kier molecular flexibility index (Phi) is 2.15. The van der Waals surface area contributed by atoms with Gasteiger partial charge in [-0.2, -0.15) is 0 Å². The van der Waals surface area contributed by atoms with Gasteiger partial charge < -0.3 is 10.3 Å². The summed E-state index contributed by atoms with van der Waals surface area (Å²) in [7, 11) is 0. The van der Waals surface area contributed by atoms with Crippen molar-refractivity contribution in [3.8, 4) is 0 Å². The molecule has 0 radical (unpaired) electrons. The lowest BCUT2D eigenvalue weighted by Gasteiger charge is -2.43. The van der Waals surface area contributed by atoms with Crippen LogP contribution in [0.15, 0.2) is 18.2 Å². The summed E-state index contributed by atoms with van der Waals surface area (Å²) in [6.07, 6.45) is 4.54. The Morgan fingerprint density at radius 1 is 1.47 bits per heavy atom. The first-order valence-electron chi connectivity index (χ1n) is 6.10. The summed E-state index contributed by atoms with van der Waals surface area (Å²) >= 11 is 0. The molecule has 2 aromatic rings. The number of halogens is 1. The van der Waals surface area contributed by atoms with Crippen molar-refractivity contribution in [2.24, 2.45) is 0 Å². The number of imidazole rings is 1. The Morgan fingerprint density at radius 3 is 2.82 bits per heavy atom.